The monoisotopic (exact) mass is 347 g/mol. The molecule has 3 N–H and O–H groups in total. The van der Waals surface area contributed by atoms with Gasteiger partial charge in [0.2, 0.25) is 0 Å². The molecule has 0 aromatic heterocycles. The molecule has 0 bridgehead atoms. The van der Waals surface area contributed by atoms with Crippen LogP contribution in [0.25, 0.3) is 0 Å². The van der Waals surface area contributed by atoms with Crippen molar-refractivity contribution in [2.75, 3.05) is 6.61 Å². The molecule has 1 aliphatic carbocycles. The molecule has 25 heavy (non-hydrogen) atoms. The molecule has 2 atom stereocenters. The van der Waals surface area contributed by atoms with Crippen LogP contribution in [-0.2, 0) is 6.42 Å². The second kappa shape index (κ2) is 9.59. The highest BCUT2D eigenvalue weighted by Crippen LogP contribution is 2.37. The average molecular weight is 348 g/mol. The van der Waals surface area contributed by atoms with Gasteiger partial charge in [0.15, 0.2) is 0 Å². The van der Waals surface area contributed by atoms with E-state index in [1.807, 2.05) is 0 Å². The van der Waals surface area contributed by atoms with Crippen LogP contribution in [0.15, 0.2) is 24.3 Å². The lowest BCUT2D eigenvalue weighted by Crippen LogP contribution is -2.44. The maximum atomic E-state index is 9.64. The highest BCUT2D eigenvalue weighted by Gasteiger charge is 2.33. The van der Waals surface area contributed by atoms with E-state index >= 15 is 0 Å². The first-order valence-corrected chi connectivity index (χ1v) is 10.1. The van der Waals surface area contributed by atoms with Crippen LogP contribution < -0.4 is 10.5 Å². The number of aryl methyl sites for hydroxylation is 1. The Bertz CT molecular complexity index is 495. The van der Waals surface area contributed by atoms with Gasteiger partial charge < -0.3 is 15.6 Å². The number of nitrogens with two attached hydrogens (primary N) is 1. The van der Waals surface area contributed by atoms with E-state index in [0.717, 1.165) is 43.3 Å². The zero-order valence-corrected chi connectivity index (χ0v) is 16.3. The minimum Gasteiger partial charge on any atom is -0.491 e. The molecule has 1 aromatic rings. The van der Waals surface area contributed by atoms with E-state index in [4.69, 9.17) is 10.5 Å². The highest BCUT2D eigenvalue weighted by atomic mass is 16.5. The van der Waals surface area contributed by atoms with Gasteiger partial charge in [-0.05, 0) is 68.6 Å². The third-order valence-electron chi connectivity index (χ3n) is 5.27. The molecule has 3 nitrogen and oxygen atoms in total. The summed E-state index contributed by atoms with van der Waals surface area (Å²) in [5, 5.41) is 9.64. The van der Waals surface area contributed by atoms with E-state index < -0.39 is 5.54 Å². The van der Waals surface area contributed by atoms with Crippen LogP contribution in [-0.4, -0.2) is 23.4 Å². The Balaban J connectivity index is 1.75. The molecule has 1 fully saturated rings. The van der Waals surface area contributed by atoms with Crippen molar-refractivity contribution in [2.45, 2.75) is 83.8 Å². The Hall–Kier alpha value is -1.06. The van der Waals surface area contributed by atoms with Crippen LogP contribution in [0.4, 0.5) is 0 Å². The lowest BCUT2D eigenvalue weighted by Gasteiger charge is -2.27. The topological polar surface area (TPSA) is 55.5 Å². The fraction of sp³-hybridized carbons (Fsp3) is 0.727. The maximum Gasteiger partial charge on any atom is 0.119 e. The van der Waals surface area contributed by atoms with Gasteiger partial charge in [-0.1, -0.05) is 45.2 Å². The fourth-order valence-corrected chi connectivity index (χ4v) is 3.38. The predicted octanol–water partition coefficient (Wildman–Crippen LogP) is 4.70. The predicted molar refractivity (Wildman–Crippen MR) is 105 cm³/mol. The molecule has 0 aliphatic heterocycles. The van der Waals surface area contributed by atoms with Crippen LogP contribution in [0, 0.1) is 11.8 Å². The van der Waals surface area contributed by atoms with E-state index in [9.17, 15) is 5.11 Å². The molecule has 0 spiro atoms. The van der Waals surface area contributed by atoms with E-state index in [0.29, 0.717) is 0 Å². The molecule has 1 aliphatic rings. The molecule has 1 aromatic carbocycles. The molecule has 2 rings (SSSR count). The fourth-order valence-electron chi connectivity index (χ4n) is 3.38. The molecular formula is C22H37NO2. The van der Waals surface area contributed by atoms with E-state index in [1.54, 1.807) is 0 Å². The smallest absolute Gasteiger partial charge is 0.119 e. The molecule has 0 saturated heterocycles. The first-order chi connectivity index (χ1) is 11.9. The Kier molecular flexibility index (Phi) is 7.77. The van der Waals surface area contributed by atoms with Crippen molar-refractivity contribution in [1.29, 1.82) is 0 Å². The Morgan fingerprint density at radius 3 is 2.40 bits per heavy atom. The van der Waals surface area contributed by atoms with Gasteiger partial charge in [-0.2, -0.15) is 0 Å². The molecule has 0 heterocycles. The summed E-state index contributed by atoms with van der Waals surface area (Å²) in [6.07, 6.45) is 9.11. The standard InChI is InChI=1S/C22H37NO2/c1-17(2)5-4-6-18(3)25-21-11-9-19(10-12-21)13-14-22(23,16-24)15-20-7-8-20/h9-12,17-18,20,24H,4-8,13-16,23H2,1-3H3/t18?,22-/m0/s1. The zero-order chi connectivity index (χ0) is 18.3. The van der Waals surface area contributed by atoms with Gasteiger partial charge in [-0.25, -0.2) is 0 Å². The SMILES string of the molecule is CC(C)CCCC(C)Oc1ccc(CC[C@@](N)(CO)CC2CC2)cc1. The Labute approximate surface area is 154 Å². The first-order valence-electron chi connectivity index (χ1n) is 10.1. The summed E-state index contributed by atoms with van der Waals surface area (Å²) in [4.78, 5) is 0. The lowest BCUT2D eigenvalue weighted by molar-refractivity contribution is 0.172. The molecule has 0 radical (unpaired) electrons. The summed E-state index contributed by atoms with van der Waals surface area (Å²) in [7, 11) is 0. The van der Waals surface area contributed by atoms with Crippen molar-refractivity contribution >= 4 is 0 Å². The number of aliphatic hydroxyl groups excluding tert-OH is 1. The summed E-state index contributed by atoms with van der Waals surface area (Å²) in [5.41, 5.74) is 7.22. The van der Waals surface area contributed by atoms with Crippen LogP contribution in [0.1, 0.15) is 71.3 Å². The quantitative estimate of drug-likeness (QED) is 0.576. The van der Waals surface area contributed by atoms with Crippen molar-refractivity contribution in [3.8, 4) is 5.75 Å². The molecule has 142 valence electrons. The highest BCUT2D eigenvalue weighted by molar-refractivity contribution is 5.27. The molecular weight excluding hydrogens is 310 g/mol. The normalized spacial score (nSPS) is 18.2. The third-order valence-corrected chi connectivity index (χ3v) is 5.27. The van der Waals surface area contributed by atoms with Gasteiger partial charge in [-0.3, -0.25) is 0 Å². The number of hydrogen-bond donors (Lipinski definition) is 2. The van der Waals surface area contributed by atoms with E-state index in [2.05, 4.69) is 45.0 Å². The minimum absolute atomic E-state index is 0.0819. The number of benzene rings is 1. The Morgan fingerprint density at radius 2 is 1.84 bits per heavy atom. The molecule has 3 heteroatoms. The number of aliphatic hydroxyl groups is 1. The molecule has 0 amide bonds. The summed E-state index contributed by atoms with van der Waals surface area (Å²) in [6.45, 7) is 6.76. The number of hydrogen-bond acceptors (Lipinski definition) is 3. The second-order valence-corrected chi connectivity index (χ2v) is 8.57. The molecule has 1 unspecified atom stereocenters. The van der Waals surface area contributed by atoms with Gasteiger partial charge in [0.25, 0.3) is 0 Å². The summed E-state index contributed by atoms with van der Waals surface area (Å²) in [6, 6.07) is 8.38. The van der Waals surface area contributed by atoms with Crippen LogP contribution in [0.3, 0.4) is 0 Å². The van der Waals surface area contributed by atoms with Gasteiger partial charge in [0.05, 0.1) is 12.7 Å². The lowest BCUT2D eigenvalue weighted by atomic mass is 9.88. The van der Waals surface area contributed by atoms with Crippen molar-refractivity contribution in [2.24, 2.45) is 17.6 Å². The van der Waals surface area contributed by atoms with Crippen molar-refractivity contribution in [3.63, 3.8) is 0 Å². The summed E-state index contributed by atoms with van der Waals surface area (Å²) >= 11 is 0. The van der Waals surface area contributed by atoms with Crippen molar-refractivity contribution in [1.82, 2.24) is 0 Å². The largest absolute Gasteiger partial charge is 0.491 e. The Morgan fingerprint density at radius 1 is 1.16 bits per heavy atom. The van der Waals surface area contributed by atoms with Gasteiger partial charge in [0.1, 0.15) is 5.75 Å². The van der Waals surface area contributed by atoms with Crippen molar-refractivity contribution < 1.29 is 9.84 Å². The first kappa shape index (κ1) is 20.3. The van der Waals surface area contributed by atoms with E-state index in [-0.39, 0.29) is 12.7 Å². The van der Waals surface area contributed by atoms with Gasteiger partial charge in [0, 0.05) is 5.54 Å². The van der Waals surface area contributed by atoms with Gasteiger partial charge in [-0.15, -0.1) is 0 Å². The van der Waals surface area contributed by atoms with Gasteiger partial charge >= 0.3 is 0 Å². The minimum atomic E-state index is -0.415. The maximum absolute atomic E-state index is 9.64. The number of ether oxygens (including phenoxy) is 1. The summed E-state index contributed by atoms with van der Waals surface area (Å²) < 4.78 is 6.01. The average Bonchev–Trinajstić information content (AvgIpc) is 3.37. The van der Waals surface area contributed by atoms with Crippen LogP contribution >= 0.6 is 0 Å². The second-order valence-electron chi connectivity index (χ2n) is 8.57. The number of rotatable bonds is 12. The third kappa shape index (κ3) is 7.79. The van der Waals surface area contributed by atoms with Crippen molar-refractivity contribution in [3.05, 3.63) is 29.8 Å². The molecule has 1 saturated carbocycles. The zero-order valence-electron chi connectivity index (χ0n) is 16.3. The summed E-state index contributed by atoms with van der Waals surface area (Å²) in [5.74, 6) is 2.45. The van der Waals surface area contributed by atoms with Crippen LogP contribution in [0.5, 0.6) is 5.75 Å². The van der Waals surface area contributed by atoms with Crippen LogP contribution in [0.2, 0.25) is 0 Å². The van der Waals surface area contributed by atoms with E-state index in [1.165, 1.54) is 31.2 Å².